The molecule has 5 heteroatoms. The minimum absolute atomic E-state index is 0.174. The van der Waals surface area contributed by atoms with Crippen molar-refractivity contribution in [2.24, 2.45) is 0 Å². The molecule has 1 aliphatic rings. The molecule has 0 bridgehead atoms. The minimum atomic E-state index is 0.174. The lowest BCUT2D eigenvalue weighted by molar-refractivity contribution is -0.118. The van der Waals surface area contributed by atoms with Gasteiger partial charge in [0, 0.05) is 36.2 Å². The highest BCUT2D eigenvalue weighted by atomic mass is 32.1. The van der Waals surface area contributed by atoms with Crippen molar-refractivity contribution in [2.75, 3.05) is 18.0 Å². The Bertz CT molecular complexity index is 634. The molecule has 4 nitrogen and oxygen atoms in total. The number of nitrogens with zero attached hydrogens (tertiary/aromatic N) is 3. The third-order valence-corrected chi connectivity index (χ3v) is 5.57. The fraction of sp³-hybridized carbons (Fsp3) is 0.474. The van der Waals surface area contributed by atoms with Crippen LogP contribution in [0.5, 0.6) is 0 Å². The first kappa shape index (κ1) is 17.1. The van der Waals surface area contributed by atoms with Gasteiger partial charge in [0.25, 0.3) is 0 Å². The summed E-state index contributed by atoms with van der Waals surface area (Å²) in [7, 11) is 0. The van der Waals surface area contributed by atoms with E-state index in [1.165, 1.54) is 0 Å². The molecule has 1 saturated heterocycles. The van der Waals surface area contributed by atoms with Crippen molar-refractivity contribution >= 4 is 22.9 Å². The summed E-state index contributed by atoms with van der Waals surface area (Å²) in [5, 5.41) is 2.03. The van der Waals surface area contributed by atoms with Gasteiger partial charge in [0.05, 0.1) is 18.3 Å². The molecule has 0 aliphatic carbocycles. The number of hydrogen-bond acceptors (Lipinski definition) is 4. The van der Waals surface area contributed by atoms with Gasteiger partial charge >= 0.3 is 0 Å². The van der Waals surface area contributed by atoms with Crippen LogP contribution in [-0.2, 0) is 11.2 Å². The lowest BCUT2D eigenvalue weighted by Crippen LogP contribution is -2.49. The summed E-state index contributed by atoms with van der Waals surface area (Å²) in [6.45, 7) is 6.57. The number of carbonyl (C=O) groups excluding carboxylic acids is 1. The van der Waals surface area contributed by atoms with Crippen molar-refractivity contribution in [1.82, 2.24) is 9.88 Å². The molecule has 3 rings (SSSR count). The summed E-state index contributed by atoms with van der Waals surface area (Å²) in [5.74, 6) is 0.174. The van der Waals surface area contributed by atoms with Gasteiger partial charge in [-0.25, -0.2) is 0 Å². The molecule has 0 radical (unpaired) electrons. The van der Waals surface area contributed by atoms with Crippen LogP contribution in [0.3, 0.4) is 0 Å². The van der Waals surface area contributed by atoms with E-state index in [-0.39, 0.29) is 11.9 Å². The van der Waals surface area contributed by atoms with Gasteiger partial charge in [0.2, 0.25) is 5.91 Å². The van der Waals surface area contributed by atoms with Gasteiger partial charge in [0.15, 0.2) is 0 Å². The Labute approximate surface area is 148 Å². The molecule has 0 saturated carbocycles. The molecule has 0 unspecified atom stereocenters. The Morgan fingerprint density at radius 3 is 2.71 bits per heavy atom. The highest BCUT2D eigenvalue weighted by molar-refractivity contribution is 7.10. The number of piperidine rings is 1. The summed E-state index contributed by atoms with van der Waals surface area (Å²) in [4.78, 5) is 22.8. The number of rotatable bonds is 5. The molecular weight excluding hydrogens is 318 g/mol. The van der Waals surface area contributed by atoms with Crippen molar-refractivity contribution < 1.29 is 4.79 Å². The summed E-state index contributed by atoms with van der Waals surface area (Å²) in [5.41, 5.74) is 0.919. The molecular formula is C19H25N3OS. The molecule has 0 N–H and O–H groups in total. The normalized spacial score (nSPS) is 16.5. The van der Waals surface area contributed by atoms with Gasteiger partial charge in [0.1, 0.15) is 0 Å². The van der Waals surface area contributed by atoms with Gasteiger partial charge in [-0.3, -0.25) is 9.78 Å². The first-order valence-electron chi connectivity index (χ1n) is 8.63. The molecule has 128 valence electrons. The van der Waals surface area contributed by atoms with Crippen molar-refractivity contribution in [1.29, 1.82) is 0 Å². The van der Waals surface area contributed by atoms with Crippen LogP contribution in [-0.4, -0.2) is 41.0 Å². The summed E-state index contributed by atoms with van der Waals surface area (Å²) in [6, 6.07) is 8.77. The number of hydrogen-bond donors (Lipinski definition) is 0. The van der Waals surface area contributed by atoms with E-state index in [9.17, 15) is 4.79 Å². The number of aromatic nitrogens is 1. The zero-order valence-corrected chi connectivity index (χ0v) is 15.2. The first-order valence-corrected chi connectivity index (χ1v) is 9.51. The third kappa shape index (κ3) is 4.02. The van der Waals surface area contributed by atoms with Crippen LogP contribution in [0.1, 0.15) is 31.6 Å². The quantitative estimate of drug-likeness (QED) is 0.832. The Balaban J connectivity index is 1.77. The largest absolute Gasteiger partial charge is 0.307 e. The second-order valence-electron chi connectivity index (χ2n) is 6.59. The number of amides is 1. The number of thiophene rings is 1. The zero-order valence-electron chi connectivity index (χ0n) is 14.4. The van der Waals surface area contributed by atoms with Crippen LogP contribution in [0.2, 0.25) is 0 Å². The smallest absolute Gasteiger partial charge is 0.232 e. The SMILES string of the molecule is CC(C)N1CCC(N(C(=O)Cc2cccs2)c2cccnc2)CC1. The first-order chi connectivity index (χ1) is 11.6. The molecule has 2 aromatic heterocycles. The molecule has 1 fully saturated rings. The van der Waals surface area contributed by atoms with Crippen molar-refractivity contribution in [3.05, 3.63) is 46.9 Å². The van der Waals surface area contributed by atoms with E-state index >= 15 is 0 Å². The van der Waals surface area contributed by atoms with Gasteiger partial charge in [-0.15, -0.1) is 11.3 Å². The Morgan fingerprint density at radius 2 is 2.12 bits per heavy atom. The fourth-order valence-corrected chi connectivity index (χ4v) is 4.06. The van der Waals surface area contributed by atoms with E-state index < -0.39 is 0 Å². The predicted molar refractivity (Wildman–Crippen MR) is 99.5 cm³/mol. The molecule has 0 aromatic carbocycles. The second kappa shape index (κ2) is 7.90. The fourth-order valence-electron chi connectivity index (χ4n) is 3.36. The lowest BCUT2D eigenvalue weighted by atomic mass is 10.0. The van der Waals surface area contributed by atoms with Crippen LogP contribution in [0.15, 0.2) is 42.0 Å². The van der Waals surface area contributed by atoms with Gasteiger partial charge < -0.3 is 9.80 Å². The van der Waals surface area contributed by atoms with Crippen LogP contribution in [0.25, 0.3) is 0 Å². The van der Waals surface area contributed by atoms with Crippen LogP contribution in [0.4, 0.5) is 5.69 Å². The van der Waals surface area contributed by atoms with E-state index in [1.807, 2.05) is 34.5 Å². The molecule has 1 amide bonds. The van der Waals surface area contributed by atoms with E-state index in [1.54, 1.807) is 23.7 Å². The minimum Gasteiger partial charge on any atom is -0.307 e. The number of pyridine rings is 1. The van der Waals surface area contributed by atoms with E-state index in [0.29, 0.717) is 12.5 Å². The van der Waals surface area contributed by atoms with Gasteiger partial charge in [-0.1, -0.05) is 6.07 Å². The molecule has 2 aromatic rings. The van der Waals surface area contributed by atoms with Gasteiger partial charge in [-0.2, -0.15) is 0 Å². The van der Waals surface area contributed by atoms with E-state index in [2.05, 4.69) is 23.7 Å². The van der Waals surface area contributed by atoms with Crippen LogP contribution in [0, 0.1) is 0 Å². The molecule has 1 aliphatic heterocycles. The summed E-state index contributed by atoms with van der Waals surface area (Å²) in [6.07, 6.45) is 6.07. The Morgan fingerprint density at radius 1 is 1.33 bits per heavy atom. The maximum absolute atomic E-state index is 13.0. The lowest BCUT2D eigenvalue weighted by Gasteiger charge is -2.40. The van der Waals surface area contributed by atoms with Gasteiger partial charge in [-0.05, 0) is 50.3 Å². The second-order valence-corrected chi connectivity index (χ2v) is 7.62. The van der Waals surface area contributed by atoms with Crippen molar-refractivity contribution in [2.45, 2.75) is 45.2 Å². The Hall–Kier alpha value is -1.72. The molecule has 24 heavy (non-hydrogen) atoms. The number of likely N-dealkylation sites (tertiary alicyclic amines) is 1. The molecule has 0 spiro atoms. The number of carbonyl (C=O) groups is 1. The maximum Gasteiger partial charge on any atom is 0.232 e. The zero-order chi connectivity index (χ0) is 16.9. The topological polar surface area (TPSA) is 36.4 Å². The molecule has 0 atom stereocenters. The highest BCUT2D eigenvalue weighted by Crippen LogP contribution is 2.25. The molecule has 3 heterocycles. The van der Waals surface area contributed by atoms with Crippen LogP contribution >= 0.6 is 11.3 Å². The Kier molecular flexibility index (Phi) is 5.63. The standard InChI is InChI=1S/C19H25N3OS/c1-15(2)21-10-7-16(8-11-21)22(17-5-3-9-20-14-17)19(23)13-18-6-4-12-24-18/h3-6,9,12,14-16H,7-8,10-11,13H2,1-2H3. The van der Waals surface area contributed by atoms with E-state index in [0.717, 1.165) is 36.5 Å². The van der Waals surface area contributed by atoms with Crippen molar-refractivity contribution in [3.8, 4) is 0 Å². The van der Waals surface area contributed by atoms with Crippen molar-refractivity contribution in [3.63, 3.8) is 0 Å². The summed E-state index contributed by atoms with van der Waals surface area (Å²) < 4.78 is 0. The highest BCUT2D eigenvalue weighted by Gasteiger charge is 2.30. The maximum atomic E-state index is 13.0. The monoisotopic (exact) mass is 343 g/mol. The predicted octanol–water partition coefficient (Wildman–Crippen LogP) is 3.59. The summed E-state index contributed by atoms with van der Waals surface area (Å²) >= 11 is 1.64. The van der Waals surface area contributed by atoms with E-state index in [4.69, 9.17) is 0 Å². The third-order valence-electron chi connectivity index (χ3n) is 4.69. The average Bonchev–Trinajstić information content (AvgIpc) is 3.09. The van der Waals surface area contributed by atoms with Crippen LogP contribution < -0.4 is 4.90 Å². The average molecular weight is 343 g/mol. The number of anilines is 1.